The van der Waals surface area contributed by atoms with Crippen LogP contribution in [0.4, 0.5) is 0 Å². The van der Waals surface area contributed by atoms with Crippen LogP contribution in [-0.4, -0.2) is 109 Å². The van der Waals surface area contributed by atoms with Gasteiger partial charge in [0, 0.05) is 54.8 Å². The van der Waals surface area contributed by atoms with Crippen LogP contribution in [0.1, 0.15) is 80.1 Å². The molecule has 45 heavy (non-hydrogen) atoms. The smallest absolute Gasteiger partial charge is 0.333 e. The number of hydrogen-bond donors (Lipinski definition) is 5. The van der Waals surface area contributed by atoms with Gasteiger partial charge in [-0.1, -0.05) is 19.9 Å². The van der Waals surface area contributed by atoms with E-state index in [0.29, 0.717) is 30.9 Å². The molecular weight excluding hydrogens is 582 g/mol. The second-order valence-electron chi connectivity index (χ2n) is 16.2. The maximum atomic E-state index is 13.4. The molecule has 7 rings (SSSR count). The van der Waals surface area contributed by atoms with Gasteiger partial charge in [0.2, 0.25) is 5.79 Å². The van der Waals surface area contributed by atoms with Crippen LogP contribution in [0.2, 0.25) is 0 Å². The van der Waals surface area contributed by atoms with E-state index in [4.69, 9.17) is 14.2 Å². The maximum Gasteiger partial charge on any atom is 0.333 e. The quantitative estimate of drug-likeness (QED) is 0.224. The molecule has 252 valence electrons. The molecule has 5 N–H and O–H groups in total. The molecule has 16 unspecified atom stereocenters. The summed E-state index contributed by atoms with van der Waals surface area (Å²) < 4.78 is 18.5. The Hall–Kier alpha value is -1.60. The van der Waals surface area contributed by atoms with Crippen molar-refractivity contribution < 1.29 is 49.3 Å². The van der Waals surface area contributed by atoms with E-state index in [1.54, 1.807) is 26.8 Å². The van der Waals surface area contributed by atoms with E-state index in [1.165, 1.54) is 6.92 Å². The van der Waals surface area contributed by atoms with Gasteiger partial charge in [0.15, 0.2) is 12.2 Å². The Morgan fingerprint density at radius 2 is 1.73 bits per heavy atom. The van der Waals surface area contributed by atoms with E-state index in [0.717, 1.165) is 19.4 Å². The van der Waals surface area contributed by atoms with Crippen molar-refractivity contribution >= 4 is 11.9 Å². The van der Waals surface area contributed by atoms with E-state index in [2.05, 4.69) is 11.8 Å². The number of ether oxygens (including phenoxy) is 3. The highest BCUT2D eigenvalue weighted by Crippen LogP contribution is 2.77. The summed E-state index contributed by atoms with van der Waals surface area (Å²) in [5.41, 5.74) is -4.98. The predicted octanol–water partition coefficient (Wildman–Crippen LogP) is 1.27. The zero-order valence-corrected chi connectivity index (χ0v) is 27.3. The first-order valence-corrected chi connectivity index (χ1v) is 17.0. The number of allylic oxidation sites excluding steroid dienone is 1. The van der Waals surface area contributed by atoms with Crippen LogP contribution in [0.3, 0.4) is 0 Å². The lowest BCUT2D eigenvalue weighted by Gasteiger charge is -2.64. The lowest BCUT2D eigenvalue weighted by atomic mass is 9.49. The minimum atomic E-state index is -1.94. The van der Waals surface area contributed by atoms with Crippen molar-refractivity contribution in [3.63, 3.8) is 0 Å². The molecule has 0 aromatic heterocycles. The Labute approximate surface area is 264 Å². The van der Waals surface area contributed by atoms with E-state index in [1.807, 2.05) is 6.92 Å². The number of carbonyl (C=O) groups is 2. The average Bonchev–Trinajstić information content (AvgIpc) is 3.24. The lowest BCUT2D eigenvalue weighted by Crippen LogP contribution is -2.77. The SMILES string of the molecule is CC=C(C)C(=O)OC1C(O)C2C(CN3CC(C)CCC3C2(C)O)C2CC34OC5(O)C(OC(C)=O)CCC3(C)C5CC(O)C4C21O. The third-order valence-electron chi connectivity index (χ3n) is 14.1. The van der Waals surface area contributed by atoms with Crippen molar-refractivity contribution in [2.45, 2.75) is 133 Å². The molecule has 3 aliphatic heterocycles. The van der Waals surface area contributed by atoms with Gasteiger partial charge in [0.05, 0.1) is 23.4 Å². The first kappa shape index (κ1) is 32.0. The molecule has 0 aromatic rings. The second kappa shape index (κ2) is 9.96. The van der Waals surface area contributed by atoms with Crippen LogP contribution in [0.25, 0.3) is 0 Å². The number of rotatable bonds is 3. The molecule has 7 fully saturated rings. The number of aliphatic hydroxyl groups excluding tert-OH is 2. The fourth-order valence-corrected chi connectivity index (χ4v) is 12.2. The molecular formula is C34H51NO10. The Morgan fingerprint density at radius 3 is 2.40 bits per heavy atom. The summed E-state index contributed by atoms with van der Waals surface area (Å²) in [6.45, 7) is 11.9. The van der Waals surface area contributed by atoms with Crippen molar-refractivity contribution in [2.24, 2.45) is 40.9 Å². The van der Waals surface area contributed by atoms with Crippen molar-refractivity contribution in [1.29, 1.82) is 0 Å². The molecule has 11 nitrogen and oxygen atoms in total. The number of fused-ring (bicyclic) bond motifs is 5. The summed E-state index contributed by atoms with van der Waals surface area (Å²) in [5, 5.41) is 62.1. The summed E-state index contributed by atoms with van der Waals surface area (Å²) in [7, 11) is 0. The van der Waals surface area contributed by atoms with Crippen molar-refractivity contribution in [1.82, 2.24) is 4.90 Å². The fourth-order valence-electron chi connectivity index (χ4n) is 12.2. The molecule has 3 heterocycles. The zero-order chi connectivity index (χ0) is 32.6. The van der Waals surface area contributed by atoms with Crippen LogP contribution in [0.5, 0.6) is 0 Å². The van der Waals surface area contributed by atoms with Gasteiger partial charge in [-0.25, -0.2) is 4.79 Å². The van der Waals surface area contributed by atoms with Gasteiger partial charge in [-0.05, 0) is 77.0 Å². The van der Waals surface area contributed by atoms with E-state index in [9.17, 15) is 35.1 Å². The largest absolute Gasteiger partial charge is 0.457 e. The summed E-state index contributed by atoms with van der Waals surface area (Å²) in [4.78, 5) is 27.7. The van der Waals surface area contributed by atoms with Gasteiger partial charge in [0.25, 0.3) is 0 Å². The molecule has 4 saturated carbocycles. The molecule has 0 radical (unpaired) electrons. The van der Waals surface area contributed by atoms with Gasteiger partial charge in [0.1, 0.15) is 5.60 Å². The standard InChI is InChI=1S/C34H51NO10/c1-7-17(3)29(39)44-28-26(38)25-19(15-35-14-16(2)8-9-23(35)31(25,6)40)20-13-32-27(33(20,28)41)21(37)12-22-30(32,5)11-10-24(43-18(4)36)34(22,42)45-32/h7,16,19-28,37-38,40-42H,8-15H2,1-6H3. The molecule has 4 bridgehead atoms. The molecule has 7 aliphatic rings. The van der Waals surface area contributed by atoms with Crippen LogP contribution in [0.15, 0.2) is 11.6 Å². The number of hydrogen-bond acceptors (Lipinski definition) is 11. The molecule has 4 aliphatic carbocycles. The Balaban J connectivity index is 1.39. The summed E-state index contributed by atoms with van der Waals surface area (Å²) in [6.07, 6.45) is -0.501. The summed E-state index contributed by atoms with van der Waals surface area (Å²) in [5.74, 6) is -6.08. The Bertz CT molecular complexity index is 1300. The van der Waals surface area contributed by atoms with Crippen LogP contribution >= 0.6 is 0 Å². The van der Waals surface area contributed by atoms with E-state index < -0.39 is 93.9 Å². The van der Waals surface area contributed by atoms with Crippen molar-refractivity contribution in [3.8, 4) is 0 Å². The second-order valence-corrected chi connectivity index (χ2v) is 16.2. The first-order valence-electron chi connectivity index (χ1n) is 17.0. The first-order chi connectivity index (χ1) is 21.0. The average molecular weight is 634 g/mol. The third kappa shape index (κ3) is 3.89. The van der Waals surface area contributed by atoms with Crippen molar-refractivity contribution in [2.75, 3.05) is 13.1 Å². The van der Waals surface area contributed by atoms with Gasteiger partial charge in [-0.15, -0.1) is 0 Å². The maximum absolute atomic E-state index is 13.4. The molecule has 0 aromatic carbocycles. The van der Waals surface area contributed by atoms with Gasteiger partial charge in [-0.3, -0.25) is 9.69 Å². The highest BCUT2D eigenvalue weighted by molar-refractivity contribution is 5.87. The number of carbonyl (C=O) groups excluding carboxylic acids is 2. The molecule has 16 atom stereocenters. The summed E-state index contributed by atoms with van der Waals surface area (Å²) >= 11 is 0. The van der Waals surface area contributed by atoms with Gasteiger partial charge < -0.3 is 39.7 Å². The number of nitrogens with zero attached hydrogens (tertiary/aromatic N) is 1. The van der Waals surface area contributed by atoms with E-state index in [-0.39, 0.29) is 18.9 Å². The minimum Gasteiger partial charge on any atom is -0.457 e. The fraction of sp³-hybridized carbons (Fsp3) is 0.882. The van der Waals surface area contributed by atoms with Crippen LogP contribution < -0.4 is 0 Å². The van der Waals surface area contributed by atoms with Crippen LogP contribution in [-0.2, 0) is 23.8 Å². The third-order valence-corrected chi connectivity index (χ3v) is 14.1. The lowest BCUT2D eigenvalue weighted by molar-refractivity contribution is -0.298. The zero-order valence-electron chi connectivity index (χ0n) is 27.3. The number of piperidine rings is 2. The van der Waals surface area contributed by atoms with Crippen molar-refractivity contribution in [3.05, 3.63) is 11.6 Å². The molecule has 11 heteroatoms. The van der Waals surface area contributed by atoms with Gasteiger partial charge in [-0.2, -0.15) is 0 Å². The monoisotopic (exact) mass is 633 g/mol. The highest BCUT2D eigenvalue weighted by atomic mass is 16.7. The Kier molecular flexibility index (Phi) is 7.08. The minimum absolute atomic E-state index is 0.0778. The molecule has 0 amide bonds. The number of esters is 2. The summed E-state index contributed by atoms with van der Waals surface area (Å²) in [6, 6.07) is -0.203. The van der Waals surface area contributed by atoms with E-state index >= 15 is 0 Å². The topological polar surface area (TPSA) is 166 Å². The molecule has 3 saturated heterocycles. The molecule has 1 spiro atoms. The predicted molar refractivity (Wildman–Crippen MR) is 159 cm³/mol. The highest BCUT2D eigenvalue weighted by Gasteiger charge is 2.87. The Morgan fingerprint density at radius 1 is 1.02 bits per heavy atom. The van der Waals surface area contributed by atoms with Crippen LogP contribution in [0, 0.1) is 40.9 Å². The normalized spacial score (nSPS) is 56.9. The number of aliphatic hydroxyl groups is 5. The van der Waals surface area contributed by atoms with Gasteiger partial charge >= 0.3 is 11.9 Å².